The molecule has 0 bridgehead atoms. The monoisotopic (exact) mass is 376 g/mol. The first-order chi connectivity index (χ1) is 13.5. The molecule has 7 heteroatoms. The summed E-state index contributed by atoms with van der Waals surface area (Å²) < 4.78 is 1.99. The topological polar surface area (TPSA) is 89.5 Å². The number of para-hydroxylation sites is 1. The van der Waals surface area contributed by atoms with Gasteiger partial charge in [0.1, 0.15) is 0 Å². The maximum Gasteiger partial charge on any atom is 0.273 e. The van der Waals surface area contributed by atoms with Crippen molar-refractivity contribution in [1.82, 2.24) is 9.99 Å². The van der Waals surface area contributed by atoms with Crippen molar-refractivity contribution in [1.29, 1.82) is 0 Å². The molecule has 1 aromatic heterocycles. The SMILES string of the molecule is Cc1cccc(-n2cccc2/C=N/NC(=O)Cc2ccccc2[N+](=O)[O-])c1C. The minimum absolute atomic E-state index is 0.0783. The van der Waals surface area contributed by atoms with E-state index in [0.717, 1.165) is 16.9 Å². The van der Waals surface area contributed by atoms with Gasteiger partial charge in [0.2, 0.25) is 5.91 Å². The van der Waals surface area contributed by atoms with Crippen molar-refractivity contribution in [3.8, 4) is 5.69 Å². The summed E-state index contributed by atoms with van der Waals surface area (Å²) in [7, 11) is 0. The summed E-state index contributed by atoms with van der Waals surface area (Å²) in [6, 6.07) is 16.0. The molecule has 0 saturated heterocycles. The molecule has 28 heavy (non-hydrogen) atoms. The maximum atomic E-state index is 12.1. The summed E-state index contributed by atoms with van der Waals surface area (Å²) in [6.45, 7) is 4.11. The molecule has 0 aliphatic carbocycles. The third kappa shape index (κ3) is 4.15. The lowest BCUT2D eigenvalue weighted by atomic mass is 10.1. The van der Waals surface area contributed by atoms with Crippen molar-refractivity contribution in [2.24, 2.45) is 5.10 Å². The Morgan fingerprint density at radius 2 is 1.93 bits per heavy atom. The lowest BCUT2D eigenvalue weighted by Crippen LogP contribution is -2.20. The number of hydrogen-bond donors (Lipinski definition) is 1. The van der Waals surface area contributed by atoms with Crippen molar-refractivity contribution in [3.05, 3.63) is 93.3 Å². The van der Waals surface area contributed by atoms with Crippen molar-refractivity contribution >= 4 is 17.8 Å². The predicted octanol–water partition coefficient (Wildman–Crippen LogP) is 3.70. The number of nitro groups is 1. The second-order valence-electron chi connectivity index (χ2n) is 6.38. The van der Waals surface area contributed by atoms with Gasteiger partial charge in [-0.2, -0.15) is 5.10 Å². The van der Waals surface area contributed by atoms with E-state index in [1.54, 1.807) is 24.4 Å². The lowest BCUT2D eigenvalue weighted by Gasteiger charge is -2.11. The largest absolute Gasteiger partial charge is 0.315 e. The second-order valence-corrected chi connectivity index (χ2v) is 6.38. The molecule has 0 saturated carbocycles. The van der Waals surface area contributed by atoms with E-state index in [0.29, 0.717) is 5.56 Å². The Labute approximate surface area is 162 Å². The van der Waals surface area contributed by atoms with Crippen molar-refractivity contribution in [3.63, 3.8) is 0 Å². The number of carbonyl (C=O) groups excluding carboxylic acids is 1. The fraction of sp³-hybridized carbons (Fsp3) is 0.143. The first-order valence-corrected chi connectivity index (χ1v) is 8.75. The highest BCUT2D eigenvalue weighted by molar-refractivity contribution is 5.83. The summed E-state index contributed by atoms with van der Waals surface area (Å²) in [5, 5.41) is 15.0. The van der Waals surface area contributed by atoms with Crippen LogP contribution in [0.1, 0.15) is 22.4 Å². The molecule has 0 spiro atoms. The smallest absolute Gasteiger partial charge is 0.273 e. The standard InChI is InChI=1S/C21H20N4O3/c1-15-7-5-11-19(16(15)2)24-12-6-9-18(24)14-22-23-21(26)13-17-8-3-4-10-20(17)25(27)28/h3-12,14H,13H2,1-2H3,(H,23,26)/b22-14+. The number of nitro benzene ring substituents is 1. The Hall–Kier alpha value is -3.74. The van der Waals surface area contributed by atoms with E-state index in [1.165, 1.54) is 11.6 Å². The molecule has 1 N–H and O–H groups in total. The number of benzene rings is 2. The van der Waals surface area contributed by atoms with Gasteiger partial charge in [-0.1, -0.05) is 30.3 Å². The summed E-state index contributed by atoms with van der Waals surface area (Å²) in [5.74, 6) is -0.421. The fourth-order valence-corrected chi connectivity index (χ4v) is 2.94. The van der Waals surface area contributed by atoms with E-state index in [2.05, 4.69) is 30.4 Å². The molecule has 3 aromatic rings. The van der Waals surface area contributed by atoms with Crippen LogP contribution < -0.4 is 5.43 Å². The average Bonchev–Trinajstić information content (AvgIpc) is 3.12. The van der Waals surface area contributed by atoms with Crippen LogP contribution in [0.15, 0.2) is 65.9 Å². The molecule has 2 aromatic carbocycles. The third-order valence-electron chi connectivity index (χ3n) is 4.54. The normalized spacial score (nSPS) is 10.9. The summed E-state index contributed by atoms with van der Waals surface area (Å²) >= 11 is 0. The highest BCUT2D eigenvalue weighted by Crippen LogP contribution is 2.19. The molecule has 0 atom stereocenters. The Morgan fingerprint density at radius 3 is 2.71 bits per heavy atom. The predicted molar refractivity (Wildman–Crippen MR) is 108 cm³/mol. The first kappa shape index (κ1) is 19.0. The Bertz CT molecular complexity index is 1050. The van der Waals surface area contributed by atoms with Gasteiger partial charge in [0, 0.05) is 23.5 Å². The van der Waals surface area contributed by atoms with E-state index < -0.39 is 10.8 Å². The molecule has 3 rings (SSSR count). The minimum Gasteiger partial charge on any atom is -0.315 e. The van der Waals surface area contributed by atoms with Crippen LogP contribution in [0.2, 0.25) is 0 Å². The molecule has 7 nitrogen and oxygen atoms in total. The Kier molecular flexibility index (Phi) is 5.64. The Morgan fingerprint density at radius 1 is 1.14 bits per heavy atom. The van der Waals surface area contributed by atoms with E-state index >= 15 is 0 Å². The van der Waals surface area contributed by atoms with Crippen LogP contribution in [0.5, 0.6) is 0 Å². The quantitative estimate of drug-likeness (QED) is 0.404. The van der Waals surface area contributed by atoms with Gasteiger partial charge in [0.05, 0.1) is 23.3 Å². The van der Waals surface area contributed by atoms with Crippen LogP contribution >= 0.6 is 0 Å². The summed E-state index contributed by atoms with van der Waals surface area (Å²) in [4.78, 5) is 22.7. The molecular formula is C21H20N4O3. The zero-order valence-corrected chi connectivity index (χ0v) is 15.6. The summed E-state index contributed by atoms with van der Waals surface area (Å²) in [5.41, 5.74) is 6.90. The molecule has 0 radical (unpaired) electrons. The zero-order chi connectivity index (χ0) is 20.1. The number of amides is 1. The van der Waals surface area contributed by atoms with Gasteiger partial charge in [0.25, 0.3) is 5.69 Å². The van der Waals surface area contributed by atoms with Gasteiger partial charge in [-0.05, 0) is 43.2 Å². The van der Waals surface area contributed by atoms with Crippen molar-refractivity contribution < 1.29 is 9.72 Å². The lowest BCUT2D eigenvalue weighted by molar-refractivity contribution is -0.385. The maximum absolute atomic E-state index is 12.1. The van der Waals surface area contributed by atoms with Gasteiger partial charge < -0.3 is 4.57 Å². The number of nitrogens with zero attached hydrogens (tertiary/aromatic N) is 3. The van der Waals surface area contributed by atoms with Crippen LogP contribution in [0.3, 0.4) is 0 Å². The van der Waals surface area contributed by atoms with Gasteiger partial charge in [-0.3, -0.25) is 14.9 Å². The molecule has 0 aliphatic heterocycles. The van der Waals surface area contributed by atoms with E-state index in [9.17, 15) is 14.9 Å². The van der Waals surface area contributed by atoms with Crippen LogP contribution in [0.4, 0.5) is 5.69 Å². The van der Waals surface area contributed by atoms with Crippen molar-refractivity contribution in [2.45, 2.75) is 20.3 Å². The number of aromatic nitrogens is 1. The molecule has 0 fully saturated rings. The molecule has 1 heterocycles. The number of nitrogens with one attached hydrogen (secondary N) is 1. The molecule has 0 aliphatic rings. The molecular weight excluding hydrogens is 356 g/mol. The van der Waals surface area contributed by atoms with Crippen LogP contribution in [-0.2, 0) is 11.2 Å². The molecule has 1 amide bonds. The van der Waals surface area contributed by atoms with E-state index in [1.807, 2.05) is 35.0 Å². The fourth-order valence-electron chi connectivity index (χ4n) is 2.94. The number of rotatable bonds is 6. The summed E-state index contributed by atoms with van der Waals surface area (Å²) in [6.07, 6.45) is 3.36. The zero-order valence-electron chi connectivity index (χ0n) is 15.6. The number of hydrazone groups is 1. The van der Waals surface area contributed by atoms with Gasteiger partial charge in [-0.15, -0.1) is 0 Å². The first-order valence-electron chi connectivity index (χ1n) is 8.75. The van der Waals surface area contributed by atoms with Gasteiger partial charge >= 0.3 is 0 Å². The minimum atomic E-state index is -0.497. The second kappa shape index (κ2) is 8.30. The third-order valence-corrected chi connectivity index (χ3v) is 4.54. The van der Waals surface area contributed by atoms with Crippen LogP contribution in [0, 0.1) is 24.0 Å². The number of hydrogen-bond acceptors (Lipinski definition) is 4. The van der Waals surface area contributed by atoms with Crippen molar-refractivity contribution in [2.75, 3.05) is 0 Å². The van der Waals surface area contributed by atoms with Crippen LogP contribution in [-0.4, -0.2) is 21.6 Å². The van der Waals surface area contributed by atoms with Crippen LogP contribution in [0.25, 0.3) is 5.69 Å². The van der Waals surface area contributed by atoms with Gasteiger partial charge in [0.15, 0.2) is 0 Å². The van der Waals surface area contributed by atoms with Gasteiger partial charge in [-0.25, -0.2) is 5.43 Å². The Balaban J connectivity index is 1.71. The average molecular weight is 376 g/mol. The molecule has 0 unspecified atom stereocenters. The highest BCUT2D eigenvalue weighted by Gasteiger charge is 2.15. The molecule has 142 valence electrons. The van der Waals surface area contributed by atoms with E-state index in [4.69, 9.17) is 0 Å². The highest BCUT2D eigenvalue weighted by atomic mass is 16.6. The number of carbonyl (C=O) groups is 1. The van der Waals surface area contributed by atoms with E-state index in [-0.39, 0.29) is 12.1 Å². The number of aryl methyl sites for hydroxylation is 1.